The molecule has 0 radical (unpaired) electrons. The molecule has 0 aliphatic heterocycles. The highest BCUT2D eigenvalue weighted by Gasteiger charge is 2.34. The van der Waals surface area contributed by atoms with Gasteiger partial charge in [-0.15, -0.1) is 0 Å². The van der Waals surface area contributed by atoms with Crippen molar-refractivity contribution in [1.29, 1.82) is 0 Å². The minimum Gasteiger partial charge on any atom is -0.618 e. The van der Waals surface area contributed by atoms with Crippen molar-refractivity contribution in [2.24, 2.45) is 5.92 Å². The number of hydrogen-bond acceptors (Lipinski definition) is 4. The van der Waals surface area contributed by atoms with Crippen LogP contribution in [0.3, 0.4) is 0 Å². The summed E-state index contributed by atoms with van der Waals surface area (Å²) in [6.07, 6.45) is 6.10. The lowest BCUT2D eigenvalue weighted by molar-refractivity contribution is -0.614. The summed E-state index contributed by atoms with van der Waals surface area (Å²) in [5, 5.41) is 23.0. The van der Waals surface area contributed by atoms with Gasteiger partial charge in [-0.2, -0.15) is 4.73 Å². The van der Waals surface area contributed by atoms with Gasteiger partial charge in [-0.3, -0.25) is 9.78 Å². The van der Waals surface area contributed by atoms with Gasteiger partial charge >= 0.3 is 5.97 Å². The normalized spacial score (nSPS) is 13.8. The Bertz CT molecular complexity index is 1450. The van der Waals surface area contributed by atoms with Gasteiger partial charge in [0.25, 0.3) is 0 Å². The molecule has 1 fully saturated rings. The van der Waals surface area contributed by atoms with Crippen LogP contribution in [0.2, 0.25) is 5.02 Å². The summed E-state index contributed by atoms with van der Waals surface area (Å²) in [6, 6.07) is 21.0. The molecule has 2 aromatic heterocycles. The lowest BCUT2D eigenvalue weighted by Crippen LogP contribution is -2.36. The lowest BCUT2D eigenvalue weighted by Gasteiger charge is -2.17. The quantitative estimate of drug-likeness (QED) is 0.216. The molecule has 1 aliphatic carbocycles. The van der Waals surface area contributed by atoms with Crippen molar-refractivity contribution in [1.82, 2.24) is 4.98 Å². The minimum atomic E-state index is -1.01. The zero-order valence-electron chi connectivity index (χ0n) is 20.0. The summed E-state index contributed by atoms with van der Waals surface area (Å²) < 4.78 is 0.802. The molecule has 5 rings (SSSR count). The summed E-state index contributed by atoms with van der Waals surface area (Å²) in [5.74, 6) is -1.16. The average molecular weight is 513 g/mol. The minimum absolute atomic E-state index is 0.0516. The molecule has 37 heavy (non-hydrogen) atoms. The molecule has 0 bridgehead atoms. The van der Waals surface area contributed by atoms with E-state index in [2.05, 4.69) is 4.98 Å². The van der Waals surface area contributed by atoms with Crippen molar-refractivity contribution in [2.75, 3.05) is 0 Å². The molecule has 7 heteroatoms. The number of carbonyl (C=O) groups is 2. The third kappa shape index (κ3) is 5.70. The van der Waals surface area contributed by atoms with Crippen molar-refractivity contribution in [3.63, 3.8) is 0 Å². The molecule has 1 atom stereocenters. The van der Waals surface area contributed by atoms with Gasteiger partial charge in [0.05, 0.1) is 11.3 Å². The third-order valence-electron chi connectivity index (χ3n) is 6.77. The van der Waals surface area contributed by atoms with Gasteiger partial charge in [-0.1, -0.05) is 48.7 Å². The fourth-order valence-corrected chi connectivity index (χ4v) is 4.79. The van der Waals surface area contributed by atoms with Gasteiger partial charge in [0.15, 0.2) is 12.0 Å². The second kappa shape index (κ2) is 10.5. The van der Waals surface area contributed by atoms with E-state index in [9.17, 15) is 14.8 Å². The monoisotopic (exact) mass is 512 g/mol. The third-order valence-corrected chi connectivity index (χ3v) is 7.00. The van der Waals surface area contributed by atoms with Crippen LogP contribution >= 0.6 is 11.6 Å². The zero-order chi connectivity index (χ0) is 25.9. The highest BCUT2D eigenvalue weighted by molar-refractivity contribution is 6.31. The number of ketones is 1. The fourth-order valence-electron chi connectivity index (χ4n) is 4.62. The summed E-state index contributed by atoms with van der Waals surface area (Å²) in [5.41, 5.74) is 4.41. The molecule has 0 saturated heterocycles. The van der Waals surface area contributed by atoms with Crippen LogP contribution in [0.4, 0.5) is 0 Å². The van der Waals surface area contributed by atoms with E-state index < -0.39 is 11.9 Å². The molecular weight excluding hydrogens is 488 g/mol. The van der Waals surface area contributed by atoms with E-state index in [-0.39, 0.29) is 17.8 Å². The number of Topliss-reactive ketones (excluding diaryl/α,β-unsaturated/α-hetero) is 1. The van der Waals surface area contributed by atoms with Crippen molar-refractivity contribution in [3.05, 3.63) is 112 Å². The number of aromatic carboxylic acids is 1. The molecule has 1 aliphatic rings. The Kier molecular flexibility index (Phi) is 7.01. The Balaban J connectivity index is 1.45. The van der Waals surface area contributed by atoms with E-state index >= 15 is 0 Å². The number of pyridine rings is 2. The number of hydrogen-bond donors (Lipinski definition) is 1. The van der Waals surface area contributed by atoms with E-state index in [0.29, 0.717) is 28.6 Å². The van der Waals surface area contributed by atoms with E-state index in [0.717, 1.165) is 40.0 Å². The summed E-state index contributed by atoms with van der Waals surface area (Å²) in [7, 11) is 0. The number of carbonyl (C=O) groups excluding carboxylic acids is 1. The zero-order valence-corrected chi connectivity index (χ0v) is 20.8. The molecule has 186 valence electrons. The number of rotatable bonds is 9. The second-order valence-electron chi connectivity index (χ2n) is 9.45. The van der Waals surface area contributed by atoms with Crippen LogP contribution in [0.1, 0.15) is 46.8 Å². The Morgan fingerprint density at radius 2 is 1.81 bits per heavy atom. The number of carboxylic acid groups (broad SMARTS) is 1. The van der Waals surface area contributed by atoms with E-state index in [4.69, 9.17) is 16.7 Å². The molecule has 0 amide bonds. The maximum absolute atomic E-state index is 13.4. The first-order valence-corrected chi connectivity index (χ1v) is 12.6. The second-order valence-corrected chi connectivity index (χ2v) is 9.89. The van der Waals surface area contributed by atoms with Crippen molar-refractivity contribution in [3.8, 4) is 22.4 Å². The number of nitrogens with zero attached hydrogens (tertiary/aromatic N) is 2. The number of carboxylic acids is 1. The molecule has 6 nitrogen and oxygen atoms in total. The van der Waals surface area contributed by atoms with Gasteiger partial charge in [-0.25, -0.2) is 4.79 Å². The molecule has 1 saturated carbocycles. The number of aromatic nitrogens is 2. The van der Waals surface area contributed by atoms with Crippen LogP contribution in [0.15, 0.2) is 85.2 Å². The maximum Gasteiger partial charge on any atom is 0.335 e. The number of benzene rings is 2. The Hall–Kier alpha value is -4.03. The molecule has 2 heterocycles. The smallest absolute Gasteiger partial charge is 0.335 e. The molecule has 1 N–H and O–H groups in total. The maximum atomic E-state index is 13.4. The van der Waals surface area contributed by atoms with Crippen molar-refractivity contribution < 1.29 is 19.4 Å². The molecular formula is C30H25ClN2O4. The highest BCUT2D eigenvalue weighted by Crippen LogP contribution is 2.39. The van der Waals surface area contributed by atoms with Gasteiger partial charge in [0.2, 0.25) is 5.69 Å². The standard InChI is InChI=1S/C30H25ClN2O4/c31-23-11-12-24(27-3-1-2-14-32-27)25(17-23)22-10-13-28(33(37)18-22)26(15-19-4-5-19)29(34)16-20-6-8-21(9-7-20)30(35)36/h1-3,6-14,17-19,26H,4-5,15-16H2,(H,35,36). The van der Waals surface area contributed by atoms with Gasteiger partial charge in [-0.05, 0) is 65.9 Å². The Labute approximate surface area is 219 Å². The van der Waals surface area contributed by atoms with Gasteiger partial charge in [0, 0.05) is 34.8 Å². The van der Waals surface area contributed by atoms with Crippen molar-refractivity contribution in [2.45, 2.75) is 31.6 Å². The average Bonchev–Trinajstić information content (AvgIpc) is 3.72. The first kappa shape index (κ1) is 24.7. The Morgan fingerprint density at radius 1 is 1.03 bits per heavy atom. The molecule has 1 unspecified atom stereocenters. The Morgan fingerprint density at radius 3 is 2.46 bits per heavy atom. The highest BCUT2D eigenvalue weighted by atomic mass is 35.5. The van der Waals surface area contributed by atoms with Crippen LogP contribution < -0.4 is 4.73 Å². The van der Waals surface area contributed by atoms with Crippen LogP contribution in [0.5, 0.6) is 0 Å². The molecule has 2 aromatic carbocycles. The largest absolute Gasteiger partial charge is 0.618 e. The first-order valence-electron chi connectivity index (χ1n) is 12.2. The van der Waals surface area contributed by atoms with E-state index in [1.54, 1.807) is 30.5 Å². The molecule has 0 spiro atoms. The summed E-state index contributed by atoms with van der Waals surface area (Å²) >= 11 is 6.30. The van der Waals surface area contributed by atoms with Gasteiger partial charge in [0.1, 0.15) is 5.92 Å². The first-order chi connectivity index (χ1) is 17.9. The van der Waals surface area contributed by atoms with Crippen molar-refractivity contribution >= 4 is 23.4 Å². The predicted octanol–water partition coefficient (Wildman–Crippen LogP) is 6.10. The van der Waals surface area contributed by atoms with Crippen LogP contribution in [-0.4, -0.2) is 21.8 Å². The van der Waals surface area contributed by atoms with Gasteiger partial charge < -0.3 is 10.3 Å². The molecule has 4 aromatic rings. The van der Waals surface area contributed by atoms with Crippen LogP contribution in [-0.2, 0) is 11.2 Å². The van der Waals surface area contributed by atoms with E-state index in [1.165, 1.54) is 18.3 Å². The predicted molar refractivity (Wildman–Crippen MR) is 141 cm³/mol. The number of halogens is 1. The summed E-state index contributed by atoms with van der Waals surface area (Å²) in [4.78, 5) is 29.0. The summed E-state index contributed by atoms with van der Waals surface area (Å²) in [6.45, 7) is 0. The van der Waals surface area contributed by atoms with Crippen LogP contribution in [0.25, 0.3) is 22.4 Å². The topological polar surface area (TPSA) is 94.2 Å². The SMILES string of the molecule is O=C(O)c1ccc(CC(=O)C(CC2CC2)c2ccc(-c3cc(Cl)ccc3-c3ccccn3)c[n+]2[O-])cc1. The lowest BCUT2D eigenvalue weighted by atomic mass is 9.89. The van der Waals surface area contributed by atoms with E-state index in [1.807, 2.05) is 36.4 Å². The van der Waals surface area contributed by atoms with Crippen LogP contribution in [0, 0.1) is 11.1 Å². The fraction of sp³-hybridized carbons (Fsp3) is 0.200.